The number of rotatable bonds is 8. The lowest BCUT2D eigenvalue weighted by Crippen LogP contribution is -2.49. The summed E-state index contributed by atoms with van der Waals surface area (Å²) in [6.45, 7) is 12.0. The van der Waals surface area contributed by atoms with Crippen molar-refractivity contribution in [2.45, 2.75) is 78.4 Å². The Bertz CT molecular complexity index is 360. The van der Waals surface area contributed by atoms with Crippen LogP contribution in [0.5, 0.6) is 0 Å². The highest BCUT2D eigenvalue weighted by molar-refractivity contribution is 5.96. The second kappa shape index (κ2) is 7.69. The van der Waals surface area contributed by atoms with Gasteiger partial charge in [0.2, 0.25) is 0 Å². The van der Waals surface area contributed by atoms with E-state index in [1.165, 1.54) is 0 Å². The van der Waals surface area contributed by atoms with Gasteiger partial charge in [0.1, 0.15) is 11.2 Å². The molecule has 0 aliphatic heterocycles. The van der Waals surface area contributed by atoms with Crippen LogP contribution in [0.1, 0.15) is 67.2 Å². The monoisotopic (exact) mass is 312 g/mol. The SMILES string of the molecule is CCOC(C)(C)C(=O)C1CCCCC1C(=O)C(C)(C)OCC. The molecule has 0 spiro atoms. The first-order valence-electron chi connectivity index (χ1n) is 8.54. The molecule has 0 bridgehead atoms. The second-order valence-corrected chi connectivity index (χ2v) is 7.11. The minimum atomic E-state index is -0.828. The Labute approximate surface area is 134 Å². The first-order valence-corrected chi connectivity index (χ1v) is 8.54. The minimum absolute atomic E-state index is 0.0553. The number of Topliss-reactive ketones (excluding diaryl/α,β-unsaturated/α-hetero) is 2. The summed E-state index contributed by atoms with van der Waals surface area (Å²) in [5.41, 5.74) is -1.66. The van der Waals surface area contributed by atoms with Crippen LogP contribution < -0.4 is 0 Å². The lowest BCUT2D eigenvalue weighted by atomic mass is 9.69. The third-order valence-electron chi connectivity index (χ3n) is 4.64. The van der Waals surface area contributed by atoms with Gasteiger partial charge in [-0.2, -0.15) is 0 Å². The molecule has 2 unspecified atom stereocenters. The van der Waals surface area contributed by atoms with Crippen molar-refractivity contribution < 1.29 is 19.1 Å². The molecule has 1 saturated carbocycles. The fourth-order valence-corrected chi connectivity index (χ4v) is 3.52. The predicted octanol–water partition coefficient (Wildman–Crippen LogP) is 3.56. The van der Waals surface area contributed by atoms with Gasteiger partial charge in [-0.05, 0) is 54.4 Å². The highest BCUT2D eigenvalue weighted by atomic mass is 16.5. The van der Waals surface area contributed by atoms with Crippen LogP contribution >= 0.6 is 0 Å². The maximum Gasteiger partial charge on any atom is 0.167 e. The quantitative estimate of drug-likeness (QED) is 0.687. The lowest BCUT2D eigenvalue weighted by molar-refractivity contribution is -0.156. The minimum Gasteiger partial charge on any atom is -0.368 e. The van der Waals surface area contributed by atoms with Crippen LogP contribution in [0.2, 0.25) is 0 Å². The van der Waals surface area contributed by atoms with E-state index in [0.29, 0.717) is 13.2 Å². The molecule has 0 N–H and O–H groups in total. The highest BCUT2D eigenvalue weighted by Gasteiger charge is 2.45. The van der Waals surface area contributed by atoms with Gasteiger partial charge in [-0.1, -0.05) is 12.8 Å². The molecule has 1 aliphatic carbocycles. The van der Waals surface area contributed by atoms with Crippen molar-refractivity contribution in [1.29, 1.82) is 0 Å². The fourth-order valence-electron chi connectivity index (χ4n) is 3.52. The van der Waals surface area contributed by atoms with Crippen molar-refractivity contribution >= 4 is 11.6 Å². The van der Waals surface area contributed by atoms with Gasteiger partial charge in [0.05, 0.1) is 0 Å². The number of hydrogen-bond acceptors (Lipinski definition) is 4. The number of carbonyl (C=O) groups is 2. The number of carbonyl (C=O) groups excluding carboxylic acids is 2. The molecular formula is C18H32O4. The van der Waals surface area contributed by atoms with E-state index >= 15 is 0 Å². The molecule has 0 amide bonds. The van der Waals surface area contributed by atoms with Crippen molar-refractivity contribution in [3.63, 3.8) is 0 Å². The average Bonchev–Trinajstić information content (AvgIpc) is 2.45. The van der Waals surface area contributed by atoms with Gasteiger partial charge in [-0.3, -0.25) is 9.59 Å². The summed E-state index contributed by atoms with van der Waals surface area (Å²) in [6.07, 6.45) is 3.54. The summed E-state index contributed by atoms with van der Waals surface area (Å²) in [5, 5.41) is 0. The molecule has 2 atom stereocenters. The number of ether oxygens (including phenoxy) is 2. The van der Waals surface area contributed by atoms with Crippen LogP contribution in [0.25, 0.3) is 0 Å². The van der Waals surface area contributed by atoms with Gasteiger partial charge < -0.3 is 9.47 Å². The summed E-state index contributed by atoms with van der Waals surface area (Å²) in [6, 6.07) is 0. The van der Waals surface area contributed by atoms with Crippen LogP contribution in [-0.2, 0) is 19.1 Å². The van der Waals surface area contributed by atoms with Gasteiger partial charge in [-0.15, -0.1) is 0 Å². The zero-order valence-corrected chi connectivity index (χ0v) is 15.0. The second-order valence-electron chi connectivity index (χ2n) is 7.11. The van der Waals surface area contributed by atoms with E-state index in [1.807, 2.05) is 41.5 Å². The fraction of sp³-hybridized carbons (Fsp3) is 0.889. The van der Waals surface area contributed by atoms with Crippen LogP contribution in [0.3, 0.4) is 0 Å². The molecule has 1 rings (SSSR count). The number of hydrogen-bond donors (Lipinski definition) is 0. The Balaban J connectivity index is 2.97. The van der Waals surface area contributed by atoms with Gasteiger partial charge in [0.25, 0.3) is 0 Å². The van der Waals surface area contributed by atoms with Crippen molar-refractivity contribution in [3.05, 3.63) is 0 Å². The first-order chi connectivity index (χ1) is 10.2. The van der Waals surface area contributed by atoms with Gasteiger partial charge in [0.15, 0.2) is 11.6 Å². The van der Waals surface area contributed by atoms with E-state index in [2.05, 4.69) is 0 Å². The summed E-state index contributed by atoms with van der Waals surface area (Å²) in [5.74, 6) is -0.385. The Kier molecular flexibility index (Phi) is 6.75. The predicted molar refractivity (Wildman–Crippen MR) is 86.9 cm³/mol. The smallest absolute Gasteiger partial charge is 0.167 e. The largest absolute Gasteiger partial charge is 0.368 e. The van der Waals surface area contributed by atoms with E-state index < -0.39 is 11.2 Å². The molecule has 0 aromatic carbocycles. The maximum absolute atomic E-state index is 12.9. The lowest BCUT2D eigenvalue weighted by Gasteiger charge is -2.38. The third-order valence-corrected chi connectivity index (χ3v) is 4.64. The summed E-state index contributed by atoms with van der Waals surface area (Å²) in [4.78, 5) is 25.8. The molecule has 0 saturated heterocycles. The number of ketones is 2. The molecule has 4 heteroatoms. The van der Waals surface area contributed by atoms with E-state index in [4.69, 9.17) is 9.47 Å². The molecular weight excluding hydrogens is 280 g/mol. The molecule has 0 radical (unpaired) electrons. The first kappa shape index (κ1) is 19.3. The van der Waals surface area contributed by atoms with Crippen molar-refractivity contribution in [3.8, 4) is 0 Å². The maximum atomic E-state index is 12.9. The zero-order valence-electron chi connectivity index (χ0n) is 15.0. The topological polar surface area (TPSA) is 52.6 Å². The summed E-state index contributed by atoms with van der Waals surface area (Å²) < 4.78 is 11.2. The van der Waals surface area contributed by atoms with Gasteiger partial charge in [-0.25, -0.2) is 0 Å². The van der Waals surface area contributed by atoms with Crippen LogP contribution in [0.4, 0.5) is 0 Å². The Hall–Kier alpha value is -0.740. The normalized spacial score (nSPS) is 23.4. The van der Waals surface area contributed by atoms with Crippen molar-refractivity contribution in [2.75, 3.05) is 13.2 Å². The molecule has 0 heterocycles. The molecule has 128 valence electrons. The average molecular weight is 312 g/mol. The molecule has 4 nitrogen and oxygen atoms in total. The van der Waals surface area contributed by atoms with E-state index in [1.54, 1.807) is 0 Å². The summed E-state index contributed by atoms with van der Waals surface area (Å²) in [7, 11) is 0. The highest BCUT2D eigenvalue weighted by Crippen LogP contribution is 2.37. The Morgan fingerprint density at radius 3 is 1.41 bits per heavy atom. The Morgan fingerprint density at radius 2 is 1.14 bits per heavy atom. The molecule has 22 heavy (non-hydrogen) atoms. The van der Waals surface area contributed by atoms with E-state index in [0.717, 1.165) is 25.7 Å². The van der Waals surface area contributed by atoms with Crippen molar-refractivity contribution in [2.24, 2.45) is 11.8 Å². The molecule has 1 fully saturated rings. The summed E-state index contributed by atoms with van der Waals surface area (Å²) >= 11 is 0. The zero-order chi connectivity index (χ0) is 17.0. The van der Waals surface area contributed by atoms with E-state index in [9.17, 15) is 9.59 Å². The molecule has 0 aromatic heterocycles. The van der Waals surface area contributed by atoms with E-state index in [-0.39, 0.29) is 23.4 Å². The molecule has 0 aromatic rings. The Morgan fingerprint density at radius 1 is 0.818 bits per heavy atom. The van der Waals surface area contributed by atoms with Gasteiger partial charge in [0, 0.05) is 25.0 Å². The van der Waals surface area contributed by atoms with Crippen molar-refractivity contribution in [1.82, 2.24) is 0 Å². The van der Waals surface area contributed by atoms with Crippen LogP contribution in [0, 0.1) is 11.8 Å². The van der Waals surface area contributed by atoms with Crippen LogP contribution in [-0.4, -0.2) is 36.0 Å². The molecule has 1 aliphatic rings. The standard InChI is InChI=1S/C18H32O4/c1-7-21-17(3,4)15(19)13-11-9-10-12-14(13)16(20)18(5,6)22-8-2/h13-14H,7-12H2,1-6H3. The van der Waals surface area contributed by atoms with Crippen LogP contribution in [0.15, 0.2) is 0 Å². The van der Waals surface area contributed by atoms with Gasteiger partial charge >= 0.3 is 0 Å². The third kappa shape index (κ3) is 4.39.